The maximum absolute atomic E-state index is 11.3. The minimum atomic E-state index is -3.00. The molecule has 0 spiro atoms. The van der Waals surface area contributed by atoms with Gasteiger partial charge in [0.25, 0.3) is 0 Å². The Bertz CT molecular complexity index is 342. The molecule has 1 rings (SSSR count). The number of hydrogen-bond donors (Lipinski definition) is 1. The monoisotopic (exact) mass is 289 g/mol. The van der Waals surface area contributed by atoms with Crippen LogP contribution < -0.4 is 5.32 Å². The number of amides is 1. The van der Waals surface area contributed by atoms with Crippen molar-refractivity contribution in [1.82, 2.24) is 5.32 Å². The summed E-state index contributed by atoms with van der Waals surface area (Å²) >= 11 is 11.0. The summed E-state index contributed by atoms with van der Waals surface area (Å²) < 4.78 is 27.1. The number of alkyl halides is 2. The van der Waals surface area contributed by atoms with Gasteiger partial charge in [0, 0.05) is 6.04 Å². The molecule has 1 aliphatic rings. The lowest BCUT2D eigenvalue weighted by Gasteiger charge is -2.15. The average Bonchev–Trinajstić information content (AvgIpc) is 2.54. The summed E-state index contributed by atoms with van der Waals surface area (Å²) in [5.41, 5.74) is 0. The lowest BCUT2D eigenvalue weighted by Crippen LogP contribution is -2.38. The number of alkyl carbamates (subject to hydrolysis) is 1. The molecule has 8 heteroatoms. The number of hydrogen-bond acceptors (Lipinski definition) is 4. The van der Waals surface area contributed by atoms with E-state index in [-0.39, 0.29) is 29.3 Å². The van der Waals surface area contributed by atoms with Gasteiger partial charge in [0.15, 0.2) is 9.84 Å². The second-order valence-corrected chi connectivity index (χ2v) is 6.43. The summed E-state index contributed by atoms with van der Waals surface area (Å²) in [4.78, 5) is 11.3. The third-order valence-corrected chi connectivity index (χ3v) is 4.63. The van der Waals surface area contributed by atoms with E-state index in [1.165, 1.54) is 0 Å². The summed E-state index contributed by atoms with van der Waals surface area (Å²) in [5, 5.41) is 2.48. The predicted octanol–water partition coefficient (Wildman–Crippen LogP) is 0.746. The summed E-state index contributed by atoms with van der Waals surface area (Å²) in [6, 6.07) is -0.371. The fraction of sp³-hybridized carbons (Fsp3) is 0.875. The van der Waals surface area contributed by atoms with Gasteiger partial charge in [-0.15, -0.1) is 23.2 Å². The minimum absolute atomic E-state index is 0.0332. The molecule has 0 unspecified atom stereocenters. The standard InChI is InChI=1S/C8H13Cl2NO4S/c9-3-7(4-10)15-8(12)11-6-1-2-16(13,14)5-6/h6-7H,1-5H2,(H,11,12)/t6-/m1/s1. The van der Waals surface area contributed by atoms with Crippen molar-refractivity contribution in [3.05, 3.63) is 0 Å². The van der Waals surface area contributed by atoms with Crippen molar-refractivity contribution in [3.8, 4) is 0 Å². The van der Waals surface area contributed by atoms with Crippen molar-refractivity contribution in [3.63, 3.8) is 0 Å². The van der Waals surface area contributed by atoms with E-state index >= 15 is 0 Å². The Morgan fingerprint density at radius 3 is 2.50 bits per heavy atom. The second kappa shape index (κ2) is 5.93. The fourth-order valence-corrected chi connectivity index (χ4v) is 3.49. The van der Waals surface area contributed by atoms with Gasteiger partial charge >= 0.3 is 6.09 Å². The first-order chi connectivity index (χ1) is 7.46. The average molecular weight is 290 g/mol. The van der Waals surface area contributed by atoms with Crippen molar-refractivity contribution in [2.75, 3.05) is 23.3 Å². The first-order valence-corrected chi connectivity index (χ1v) is 7.65. The third-order valence-electron chi connectivity index (χ3n) is 2.17. The quantitative estimate of drug-likeness (QED) is 0.775. The first-order valence-electron chi connectivity index (χ1n) is 4.76. The summed E-state index contributed by atoms with van der Waals surface area (Å²) in [6.45, 7) is 0. The number of carbonyl (C=O) groups is 1. The Labute approximate surface area is 104 Å². The molecule has 1 heterocycles. The van der Waals surface area contributed by atoms with Crippen LogP contribution in [0.2, 0.25) is 0 Å². The first kappa shape index (κ1) is 13.9. The van der Waals surface area contributed by atoms with Crippen LogP contribution in [0.4, 0.5) is 4.79 Å². The smallest absolute Gasteiger partial charge is 0.407 e. The third kappa shape index (κ3) is 4.35. The van der Waals surface area contributed by atoms with E-state index in [1.807, 2.05) is 0 Å². The van der Waals surface area contributed by atoms with E-state index in [1.54, 1.807) is 0 Å². The fourth-order valence-electron chi connectivity index (χ4n) is 1.37. The Morgan fingerprint density at radius 2 is 2.06 bits per heavy atom. The number of rotatable bonds is 4. The Hall–Kier alpha value is -0.200. The van der Waals surface area contributed by atoms with Crippen LogP contribution in [-0.4, -0.2) is 49.9 Å². The Balaban J connectivity index is 2.35. The molecule has 1 saturated heterocycles. The zero-order chi connectivity index (χ0) is 12.2. The van der Waals surface area contributed by atoms with Crippen molar-refractivity contribution in [2.24, 2.45) is 0 Å². The van der Waals surface area contributed by atoms with Gasteiger partial charge in [0.1, 0.15) is 6.10 Å². The van der Waals surface area contributed by atoms with E-state index in [4.69, 9.17) is 27.9 Å². The van der Waals surface area contributed by atoms with Gasteiger partial charge < -0.3 is 10.1 Å². The summed E-state index contributed by atoms with van der Waals surface area (Å²) in [6.07, 6.45) is -0.807. The molecule has 0 aromatic carbocycles. The zero-order valence-corrected chi connectivity index (χ0v) is 10.8. The van der Waals surface area contributed by atoms with Gasteiger partial charge in [-0.05, 0) is 6.42 Å². The largest absolute Gasteiger partial charge is 0.444 e. The molecular formula is C8H13Cl2NO4S. The highest BCUT2D eigenvalue weighted by atomic mass is 35.5. The molecule has 0 aromatic heterocycles. The van der Waals surface area contributed by atoms with E-state index in [0.29, 0.717) is 6.42 Å². The molecule has 94 valence electrons. The van der Waals surface area contributed by atoms with Crippen LogP contribution in [0, 0.1) is 0 Å². The van der Waals surface area contributed by atoms with Gasteiger partial charge in [0.05, 0.1) is 23.3 Å². The number of ether oxygens (including phenoxy) is 1. The van der Waals surface area contributed by atoms with E-state index < -0.39 is 22.0 Å². The van der Waals surface area contributed by atoms with Crippen LogP contribution in [0.25, 0.3) is 0 Å². The van der Waals surface area contributed by atoms with Gasteiger partial charge in [-0.2, -0.15) is 0 Å². The highest BCUT2D eigenvalue weighted by Crippen LogP contribution is 2.11. The molecular weight excluding hydrogens is 277 g/mol. The summed E-state index contributed by atoms with van der Waals surface area (Å²) in [5.74, 6) is 0.292. The SMILES string of the molecule is O=C(N[C@@H]1CCS(=O)(=O)C1)OC(CCl)CCl. The number of nitrogens with one attached hydrogen (secondary N) is 1. The molecule has 0 aromatic rings. The maximum Gasteiger partial charge on any atom is 0.407 e. The molecule has 1 fully saturated rings. The molecule has 1 atom stereocenters. The second-order valence-electron chi connectivity index (χ2n) is 3.58. The Morgan fingerprint density at radius 1 is 1.44 bits per heavy atom. The van der Waals surface area contributed by atoms with Crippen LogP contribution in [0.15, 0.2) is 0 Å². The molecule has 0 radical (unpaired) electrons. The highest BCUT2D eigenvalue weighted by Gasteiger charge is 2.29. The molecule has 5 nitrogen and oxygen atoms in total. The van der Waals surface area contributed by atoms with Crippen LogP contribution in [-0.2, 0) is 14.6 Å². The van der Waals surface area contributed by atoms with Crippen LogP contribution in [0.3, 0.4) is 0 Å². The van der Waals surface area contributed by atoms with Crippen LogP contribution in [0.5, 0.6) is 0 Å². The molecule has 0 saturated carbocycles. The van der Waals surface area contributed by atoms with Gasteiger partial charge in [-0.1, -0.05) is 0 Å². The van der Waals surface area contributed by atoms with Crippen molar-refractivity contribution in [2.45, 2.75) is 18.6 Å². The maximum atomic E-state index is 11.3. The molecule has 1 N–H and O–H groups in total. The highest BCUT2D eigenvalue weighted by molar-refractivity contribution is 7.91. The summed E-state index contributed by atoms with van der Waals surface area (Å²) in [7, 11) is -3.00. The topological polar surface area (TPSA) is 72.5 Å². The zero-order valence-electron chi connectivity index (χ0n) is 8.49. The lowest BCUT2D eigenvalue weighted by atomic mass is 10.3. The normalized spacial score (nSPS) is 23.3. The molecule has 16 heavy (non-hydrogen) atoms. The predicted molar refractivity (Wildman–Crippen MR) is 61.9 cm³/mol. The van der Waals surface area contributed by atoms with Gasteiger partial charge in [0.2, 0.25) is 0 Å². The van der Waals surface area contributed by atoms with E-state index in [2.05, 4.69) is 5.32 Å². The van der Waals surface area contributed by atoms with Crippen LogP contribution in [0.1, 0.15) is 6.42 Å². The van der Waals surface area contributed by atoms with Crippen LogP contribution >= 0.6 is 23.2 Å². The Kier molecular flexibility index (Phi) is 5.14. The molecule has 0 aliphatic carbocycles. The van der Waals surface area contributed by atoms with Crippen molar-refractivity contribution in [1.29, 1.82) is 0 Å². The van der Waals surface area contributed by atoms with Gasteiger partial charge in [-0.25, -0.2) is 13.2 Å². The molecule has 1 aliphatic heterocycles. The number of halogens is 2. The number of sulfone groups is 1. The minimum Gasteiger partial charge on any atom is -0.444 e. The van der Waals surface area contributed by atoms with E-state index in [0.717, 1.165) is 0 Å². The molecule has 0 bridgehead atoms. The van der Waals surface area contributed by atoms with Crippen molar-refractivity contribution < 1.29 is 17.9 Å². The number of carbonyl (C=O) groups excluding carboxylic acids is 1. The van der Waals surface area contributed by atoms with Crippen molar-refractivity contribution >= 4 is 39.1 Å². The molecule has 1 amide bonds. The van der Waals surface area contributed by atoms with E-state index in [9.17, 15) is 13.2 Å². The lowest BCUT2D eigenvalue weighted by molar-refractivity contribution is 0.116. The van der Waals surface area contributed by atoms with Gasteiger partial charge in [-0.3, -0.25) is 0 Å².